The summed E-state index contributed by atoms with van der Waals surface area (Å²) < 4.78 is 32.3. The van der Waals surface area contributed by atoms with Crippen LogP contribution < -0.4 is 10.1 Å². The van der Waals surface area contributed by atoms with Crippen molar-refractivity contribution in [1.29, 1.82) is 0 Å². The van der Waals surface area contributed by atoms with Crippen molar-refractivity contribution in [2.75, 3.05) is 11.9 Å². The van der Waals surface area contributed by atoms with Gasteiger partial charge in [0.05, 0.1) is 12.3 Å². The molecular formula is C17H19F2NO. The molecule has 0 amide bonds. The van der Waals surface area contributed by atoms with Crippen LogP contribution in [0.15, 0.2) is 42.5 Å². The number of hydrogen-bond donors (Lipinski definition) is 1. The van der Waals surface area contributed by atoms with Gasteiger partial charge in [0.25, 0.3) is 0 Å². The number of halogens is 2. The zero-order chi connectivity index (χ0) is 15.2. The first-order chi connectivity index (χ1) is 10.1. The molecule has 0 radical (unpaired) electrons. The van der Waals surface area contributed by atoms with Crippen molar-refractivity contribution in [3.8, 4) is 5.75 Å². The lowest BCUT2D eigenvalue weighted by molar-refractivity contribution is 0.339. The summed E-state index contributed by atoms with van der Waals surface area (Å²) in [5.41, 5.74) is 1.36. The Morgan fingerprint density at radius 3 is 2.62 bits per heavy atom. The topological polar surface area (TPSA) is 21.3 Å². The Balaban J connectivity index is 2.09. The van der Waals surface area contributed by atoms with E-state index in [1.165, 1.54) is 18.2 Å². The molecule has 0 aromatic heterocycles. The summed E-state index contributed by atoms with van der Waals surface area (Å²) in [7, 11) is 0. The van der Waals surface area contributed by atoms with Crippen LogP contribution in [0.5, 0.6) is 5.75 Å². The molecule has 0 spiro atoms. The third-order valence-electron chi connectivity index (χ3n) is 3.13. The van der Waals surface area contributed by atoms with Gasteiger partial charge in [0.1, 0.15) is 17.4 Å². The molecule has 0 aliphatic carbocycles. The zero-order valence-corrected chi connectivity index (χ0v) is 12.2. The van der Waals surface area contributed by atoms with Gasteiger partial charge in [-0.05, 0) is 44.0 Å². The Morgan fingerprint density at radius 2 is 1.90 bits per heavy atom. The Bertz CT molecular complexity index is 601. The number of hydrogen-bond acceptors (Lipinski definition) is 2. The van der Waals surface area contributed by atoms with E-state index >= 15 is 0 Å². The van der Waals surface area contributed by atoms with Crippen molar-refractivity contribution in [1.82, 2.24) is 0 Å². The molecule has 0 saturated carbocycles. The zero-order valence-electron chi connectivity index (χ0n) is 12.2. The third-order valence-corrected chi connectivity index (χ3v) is 3.13. The predicted molar refractivity (Wildman–Crippen MR) is 80.8 cm³/mol. The van der Waals surface area contributed by atoms with Gasteiger partial charge in [-0.1, -0.05) is 18.2 Å². The normalized spacial score (nSPS) is 12.0. The van der Waals surface area contributed by atoms with E-state index in [2.05, 4.69) is 5.32 Å². The van der Waals surface area contributed by atoms with Gasteiger partial charge in [0.2, 0.25) is 0 Å². The standard InChI is InChI=1S/C17H19F2NO/c1-3-21-17-11-14(18)8-9-16(17)20-12(2)10-13-6-4-5-7-15(13)19/h4-9,11-12,20H,3,10H2,1-2H3. The van der Waals surface area contributed by atoms with Gasteiger partial charge < -0.3 is 10.1 Å². The van der Waals surface area contributed by atoms with E-state index in [9.17, 15) is 8.78 Å². The maximum atomic E-state index is 13.6. The number of nitrogens with one attached hydrogen (secondary N) is 1. The molecule has 0 heterocycles. The van der Waals surface area contributed by atoms with Crippen LogP contribution >= 0.6 is 0 Å². The fourth-order valence-corrected chi connectivity index (χ4v) is 2.20. The summed E-state index contributed by atoms with van der Waals surface area (Å²) in [6.07, 6.45) is 0.537. The van der Waals surface area contributed by atoms with Crippen molar-refractivity contribution >= 4 is 5.69 Å². The number of ether oxygens (including phenoxy) is 1. The smallest absolute Gasteiger partial charge is 0.145 e. The second-order valence-corrected chi connectivity index (χ2v) is 4.91. The Morgan fingerprint density at radius 1 is 1.14 bits per heavy atom. The SMILES string of the molecule is CCOc1cc(F)ccc1NC(C)Cc1ccccc1F. The van der Waals surface area contributed by atoms with Gasteiger partial charge in [-0.15, -0.1) is 0 Å². The van der Waals surface area contributed by atoms with Gasteiger partial charge in [0.15, 0.2) is 0 Å². The van der Waals surface area contributed by atoms with Gasteiger partial charge >= 0.3 is 0 Å². The highest BCUT2D eigenvalue weighted by Gasteiger charge is 2.11. The molecule has 1 unspecified atom stereocenters. The van der Waals surface area contributed by atoms with Gasteiger partial charge in [-0.2, -0.15) is 0 Å². The molecule has 0 bridgehead atoms. The predicted octanol–water partition coefficient (Wildman–Crippen LogP) is 4.41. The van der Waals surface area contributed by atoms with Crippen LogP contribution in [0.2, 0.25) is 0 Å². The number of rotatable bonds is 6. The summed E-state index contributed by atoms with van der Waals surface area (Å²) in [5.74, 6) is -0.0843. The Hall–Kier alpha value is -2.10. The van der Waals surface area contributed by atoms with Gasteiger partial charge in [0, 0.05) is 12.1 Å². The van der Waals surface area contributed by atoms with Crippen LogP contribution in [0.4, 0.5) is 14.5 Å². The molecule has 21 heavy (non-hydrogen) atoms. The molecule has 2 aromatic rings. The summed E-state index contributed by atoms with van der Waals surface area (Å²) in [5, 5.41) is 3.24. The molecular weight excluding hydrogens is 272 g/mol. The molecule has 1 N–H and O–H groups in total. The summed E-state index contributed by atoms with van der Waals surface area (Å²) >= 11 is 0. The van der Waals surface area contributed by atoms with Crippen molar-refractivity contribution in [2.45, 2.75) is 26.3 Å². The fourth-order valence-electron chi connectivity index (χ4n) is 2.20. The van der Waals surface area contributed by atoms with Crippen LogP contribution in [-0.2, 0) is 6.42 Å². The molecule has 112 valence electrons. The lowest BCUT2D eigenvalue weighted by atomic mass is 10.1. The molecule has 4 heteroatoms. The third kappa shape index (κ3) is 4.18. The minimum absolute atomic E-state index is 0.00781. The van der Waals surface area contributed by atoms with E-state index in [-0.39, 0.29) is 17.7 Å². The highest BCUT2D eigenvalue weighted by Crippen LogP contribution is 2.26. The number of benzene rings is 2. The molecule has 0 aliphatic rings. The first-order valence-electron chi connectivity index (χ1n) is 7.02. The highest BCUT2D eigenvalue weighted by atomic mass is 19.1. The second-order valence-electron chi connectivity index (χ2n) is 4.91. The molecule has 2 nitrogen and oxygen atoms in total. The quantitative estimate of drug-likeness (QED) is 0.851. The highest BCUT2D eigenvalue weighted by molar-refractivity contribution is 5.57. The minimum Gasteiger partial charge on any atom is -0.492 e. The second kappa shape index (κ2) is 7.07. The average molecular weight is 291 g/mol. The van der Waals surface area contributed by atoms with Crippen LogP contribution in [-0.4, -0.2) is 12.6 Å². The van der Waals surface area contributed by atoms with Crippen LogP contribution in [0.1, 0.15) is 19.4 Å². The van der Waals surface area contributed by atoms with Crippen LogP contribution in [0.25, 0.3) is 0 Å². The van der Waals surface area contributed by atoms with Gasteiger partial charge in [-0.3, -0.25) is 0 Å². The summed E-state index contributed by atoms with van der Waals surface area (Å²) in [6, 6.07) is 11.1. The fraction of sp³-hybridized carbons (Fsp3) is 0.294. The molecule has 0 fully saturated rings. The molecule has 2 aromatic carbocycles. The summed E-state index contributed by atoms with van der Waals surface area (Å²) in [4.78, 5) is 0. The van der Waals surface area contributed by atoms with E-state index in [0.717, 1.165) is 0 Å². The monoisotopic (exact) mass is 291 g/mol. The van der Waals surface area contributed by atoms with E-state index in [1.54, 1.807) is 18.2 Å². The van der Waals surface area contributed by atoms with Gasteiger partial charge in [-0.25, -0.2) is 8.78 Å². The first-order valence-corrected chi connectivity index (χ1v) is 7.02. The maximum Gasteiger partial charge on any atom is 0.145 e. The first kappa shape index (κ1) is 15.3. The van der Waals surface area contributed by atoms with Crippen molar-refractivity contribution in [3.63, 3.8) is 0 Å². The molecule has 1 atom stereocenters. The molecule has 0 aliphatic heterocycles. The number of anilines is 1. The van der Waals surface area contributed by atoms with E-state index in [4.69, 9.17) is 4.74 Å². The lowest BCUT2D eigenvalue weighted by Gasteiger charge is -2.18. The van der Waals surface area contributed by atoms with Crippen LogP contribution in [0, 0.1) is 11.6 Å². The Kier molecular flexibility index (Phi) is 5.14. The summed E-state index contributed by atoms with van der Waals surface area (Å²) in [6.45, 7) is 4.25. The van der Waals surface area contributed by atoms with E-state index < -0.39 is 0 Å². The molecule has 2 rings (SSSR count). The van der Waals surface area contributed by atoms with E-state index in [1.807, 2.05) is 19.9 Å². The average Bonchev–Trinajstić information content (AvgIpc) is 2.45. The van der Waals surface area contributed by atoms with Crippen molar-refractivity contribution < 1.29 is 13.5 Å². The minimum atomic E-state index is -0.342. The van der Waals surface area contributed by atoms with E-state index in [0.29, 0.717) is 30.0 Å². The maximum absolute atomic E-state index is 13.6. The largest absolute Gasteiger partial charge is 0.492 e. The lowest BCUT2D eigenvalue weighted by Crippen LogP contribution is -2.19. The van der Waals surface area contributed by atoms with Crippen molar-refractivity contribution in [3.05, 3.63) is 59.7 Å². The van der Waals surface area contributed by atoms with Crippen LogP contribution in [0.3, 0.4) is 0 Å². The van der Waals surface area contributed by atoms with Crippen molar-refractivity contribution in [2.24, 2.45) is 0 Å². The Labute approximate surface area is 123 Å². The molecule has 0 saturated heterocycles.